The maximum atomic E-state index is 13.0. The van der Waals surface area contributed by atoms with Crippen LogP contribution in [0.1, 0.15) is 5.56 Å². The van der Waals surface area contributed by atoms with Gasteiger partial charge >= 0.3 is 0 Å². The molecule has 6 nitrogen and oxygen atoms in total. The van der Waals surface area contributed by atoms with E-state index in [9.17, 15) is 13.2 Å². The van der Waals surface area contributed by atoms with Gasteiger partial charge in [-0.05, 0) is 35.9 Å². The zero-order valence-corrected chi connectivity index (χ0v) is 17.0. The third-order valence-electron chi connectivity index (χ3n) is 5.38. The molecule has 4 rings (SSSR count). The van der Waals surface area contributed by atoms with Gasteiger partial charge in [-0.1, -0.05) is 29.8 Å². The summed E-state index contributed by atoms with van der Waals surface area (Å²) in [7, 11) is -1.66. The molecule has 0 aliphatic carbocycles. The highest BCUT2D eigenvalue weighted by Crippen LogP contribution is 2.33. The third kappa shape index (κ3) is 3.62. The van der Waals surface area contributed by atoms with Crippen molar-refractivity contribution in [2.45, 2.75) is 18.6 Å². The highest BCUT2D eigenvalue weighted by molar-refractivity contribution is 7.91. The highest BCUT2D eigenvalue weighted by atomic mass is 35.5. The van der Waals surface area contributed by atoms with Crippen molar-refractivity contribution >= 4 is 33.0 Å². The zero-order chi connectivity index (χ0) is 19.9. The predicted octanol–water partition coefficient (Wildman–Crippen LogP) is 2.36. The second-order valence-corrected chi connectivity index (χ2v) is 9.73. The number of hydrogen-bond donors (Lipinski definition) is 0. The number of sulfone groups is 1. The number of nitrogens with zero attached hydrogens (tertiary/aromatic N) is 2. The summed E-state index contributed by atoms with van der Waals surface area (Å²) in [6.07, 6.45) is 0. The molecular weight excluding hydrogens is 400 g/mol. The van der Waals surface area contributed by atoms with Crippen LogP contribution in [0, 0.1) is 0 Å². The fourth-order valence-electron chi connectivity index (χ4n) is 4.05. The Morgan fingerprint density at radius 2 is 1.75 bits per heavy atom. The van der Waals surface area contributed by atoms with Crippen molar-refractivity contribution in [2.75, 3.05) is 30.1 Å². The number of amides is 1. The number of methoxy groups -OCH3 is 1. The average molecular weight is 421 g/mol. The Morgan fingerprint density at radius 1 is 1.07 bits per heavy atom. The summed E-state index contributed by atoms with van der Waals surface area (Å²) in [6, 6.07) is 13.9. The molecule has 2 aliphatic heterocycles. The number of carbonyl (C=O) groups excluding carboxylic acids is 1. The first-order chi connectivity index (χ1) is 13.4. The Labute approximate surface area is 169 Å². The monoisotopic (exact) mass is 420 g/mol. The highest BCUT2D eigenvalue weighted by Gasteiger charge is 2.49. The van der Waals surface area contributed by atoms with E-state index in [1.165, 1.54) is 0 Å². The maximum Gasteiger partial charge on any atom is 0.241 e. The van der Waals surface area contributed by atoms with Gasteiger partial charge in [-0.25, -0.2) is 8.42 Å². The van der Waals surface area contributed by atoms with E-state index >= 15 is 0 Å². The summed E-state index contributed by atoms with van der Waals surface area (Å²) in [6.45, 7) is 0.590. The third-order valence-corrected chi connectivity index (χ3v) is 7.45. The van der Waals surface area contributed by atoms with Crippen molar-refractivity contribution in [3.63, 3.8) is 0 Å². The fraction of sp³-hybridized carbons (Fsp3) is 0.350. The molecule has 0 N–H and O–H groups in total. The van der Waals surface area contributed by atoms with Crippen molar-refractivity contribution in [2.24, 2.45) is 0 Å². The van der Waals surface area contributed by atoms with Crippen LogP contribution in [0.3, 0.4) is 0 Å². The van der Waals surface area contributed by atoms with Crippen LogP contribution in [0.25, 0.3) is 0 Å². The smallest absolute Gasteiger partial charge is 0.241 e. The van der Waals surface area contributed by atoms with Crippen molar-refractivity contribution < 1.29 is 17.9 Å². The molecule has 0 bridgehead atoms. The minimum absolute atomic E-state index is 0.0333. The topological polar surface area (TPSA) is 66.9 Å². The Balaban J connectivity index is 1.66. The van der Waals surface area contributed by atoms with Gasteiger partial charge in [0.2, 0.25) is 5.91 Å². The van der Waals surface area contributed by atoms with E-state index < -0.39 is 15.9 Å². The number of piperazine rings is 1. The van der Waals surface area contributed by atoms with Crippen LogP contribution in [0.2, 0.25) is 5.02 Å². The van der Waals surface area contributed by atoms with E-state index in [1.807, 2.05) is 23.1 Å². The molecule has 2 fully saturated rings. The van der Waals surface area contributed by atoms with Gasteiger partial charge in [-0.15, -0.1) is 0 Å². The number of hydrogen-bond acceptors (Lipinski definition) is 5. The molecule has 0 aromatic heterocycles. The largest absolute Gasteiger partial charge is 0.497 e. The van der Waals surface area contributed by atoms with Gasteiger partial charge in [0.1, 0.15) is 5.75 Å². The molecule has 2 aromatic carbocycles. The molecule has 2 saturated heterocycles. The summed E-state index contributed by atoms with van der Waals surface area (Å²) in [5, 5.41) is 0.616. The molecule has 28 heavy (non-hydrogen) atoms. The van der Waals surface area contributed by atoms with E-state index in [0.29, 0.717) is 23.0 Å². The lowest BCUT2D eigenvalue weighted by atomic mass is 10.0. The molecule has 148 valence electrons. The zero-order valence-electron chi connectivity index (χ0n) is 15.4. The molecule has 0 saturated carbocycles. The number of ether oxygens (including phenoxy) is 1. The number of benzene rings is 2. The minimum Gasteiger partial charge on any atom is -0.497 e. The lowest BCUT2D eigenvalue weighted by molar-refractivity contribution is -0.123. The van der Waals surface area contributed by atoms with Crippen LogP contribution in [0.5, 0.6) is 5.75 Å². The Hall–Kier alpha value is -2.09. The van der Waals surface area contributed by atoms with Crippen LogP contribution in [-0.4, -0.2) is 56.5 Å². The number of anilines is 1. The van der Waals surface area contributed by atoms with Crippen molar-refractivity contribution in [3.8, 4) is 5.75 Å². The van der Waals surface area contributed by atoms with Gasteiger partial charge in [-0.2, -0.15) is 0 Å². The van der Waals surface area contributed by atoms with E-state index in [-0.39, 0.29) is 30.0 Å². The molecular formula is C20H21ClN2O4S. The molecule has 2 heterocycles. The van der Waals surface area contributed by atoms with Gasteiger partial charge < -0.3 is 9.64 Å². The molecule has 2 aliphatic rings. The minimum atomic E-state index is -3.23. The van der Waals surface area contributed by atoms with Crippen LogP contribution < -0.4 is 9.64 Å². The van der Waals surface area contributed by atoms with E-state index in [1.54, 1.807) is 42.3 Å². The van der Waals surface area contributed by atoms with Crippen LogP contribution in [0.15, 0.2) is 48.5 Å². The summed E-state index contributed by atoms with van der Waals surface area (Å²) >= 11 is 6.28. The van der Waals surface area contributed by atoms with Crippen molar-refractivity contribution in [1.82, 2.24) is 4.90 Å². The standard InChI is InChI=1S/C20H21ClN2O4S/c1-27-16-8-6-15(7-9-16)23-19-13-28(25,26)12-18(19)22(11-20(23)24)10-14-4-2-3-5-17(14)21/h2-9,18-19H,10-13H2,1H3/t18-,19-/m0/s1. The molecule has 8 heteroatoms. The first-order valence-corrected chi connectivity index (χ1v) is 11.2. The molecule has 0 radical (unpaired) electrons. The lowest BCUT2D eigenvalue weighted by Crippen LogP contribution is -2.61. The Morgan fingerprint density at radius 3 is 2.43 bits per heavy atom. The second-order valence-electron chi connectivity index (χ2n) is 7.17. The fourth-order valence-corrected chi connectivity index (χ4v) is 6.23. The summed E-state index contributed by atoms with van der Waals surface area (Å²) in [5.41, 5.74) is 1.58. The molecule has 2 atom stereocenters. The predicted molar refractivity (Wildman–Crippen MR) is 109 cm³/mol. The Kier molecular flexibility index (Phi) is 5.07. The number of halogens is 1. The molecule has 0 unspecified atom stereocenters. The van der Waals surface area contributed by atoms with Crippen LogP contribution >= 0.6 is 11.6 Å². The summed E-state index contributed by atoms with van der Waals surface area (Å²) in [5.74, 6) is 0.580. The quantitative estimate of drug-likeness (QED) is 0.759. The first-order valence-electron chi connectivity index (χ1n) is 9.02. The van der Waals surface area contributed by atoms with Gasteiger partial charge in [0.25, 0.3) is 0 Å². The number of rotatable bonds is 4. The van der Waals surface area contributed by atoms with Crippen LogP contribution in [-0.2, 0) is 21.2 Å². The lowest BCUT2D eigenvalue weighted by Gasteiger charge is -2.43. The molecule has 1 amide bonds. The van der Waals surface area contributed by atoms with Gasteiger partial charge in [0.15, 0.2) is 9.84 Å². The maximum absolute atomic E-state index is 13.0. The van der Waals surface area contributed by atoms with Gasteiger partial charge in [0.05, 0.1) is 31.2 Å². The van der Waals surface area contributed by atoms with Crippen molar-refractivity contribution in [1.29, 1.82) is 0 Å². The van der Waals surface area contributed by atoms with Crippen LogP contribution in [0.4, 0.5) is 5.69 Å². The van der Waals surface area contributed by atoms with E-state index in [2.05, 4.69) is 0 Å². The molecule has 2 aromatic rings. The number of fused-ring (bicyclic) bond motifs is 1. The van der Waals surface area contributed by atoms with Gasteiger partial charge in [0, 0.05) is 23.3 Å². The second kappa shape index (κ2) is 7.39. The average Bonchev–Trinajstić information content (AvgIpc) is 2.99. The summed E-state index contributed by atoms with van der Waals surface area (Å²) < 4.78 is 30.0. The molecule has 0 spiro atoms. The SMILES string of the molecule is COc1ccc(N2C(=O)CN(Cc3ccccc3Cl)[C@H]3CS(=O)(=O)C[C@@H]32)cc1. The summed E-state index contributed by atoms with van der Waals surface area (Å²) in [4.78, 5) is 16.6. The van der Waals surface area contributed by atoms with E-state index in [4.69, 9.17) is 16.3 Å². The van der Waals surface area contributed by atoms with Gasteiger partial charge in [-0.3, -0.25) is 9.69 Å². The van der Waals surface area contributed by atoms with Crippen molar-refractivity contribution in [3.05, 3.63) is 59.1 Å². The first kappa shape index (κ1) is 19.2. The normalized spacial score (nSPS) is 24.2. The number of carbonyl (C=O) groups is 1. The Bertz CT molecular complexity index is 994. The van der Waals surface area contributed by atoms with E-state index in [0.717, 1.165) is 5.56 Å².